The molecule has 3 aromatic rings. The molecule has 6 nitrogen and oxygen atoms in total. The second kappa shape index (κ2) is 5.61. The monoisotopic (exact) mass is 315 g/mol. The number of nitrogens with zero attached hydrogens (tertiary/aromatic N) is 2. The lowest BCUT2D eigenvalue weighted by Gasteiger charge is -2.08. The molecule has 0 aliphatic rings. The van der Waals surface area contributed by atoms with Gasteiger partial charge < -0.3 is 4.42 Å². The third-order valence-corrected chi connectivity index (χ3v) is 4.38. The maximum atomic E-state index is 12.3. The summed E-state index contributed by atoms with van der Waals surface area (Å²) in [5.74, 6) is 0.872. The zero-order chi connectivity index (χ0) is 15.6. The lowest BCUT2D eigenvalue weighted by atomic mass is 10.2. The first kappa shape index (κ1) is 14.3. The van der Waals surface area contributed by atoms with Gasteiger partial charge in [-0.15, -0.1) is 0 Å². The zero-order valence-corrected chi connectivity index (χ0v) is 12.5. The van der Waals surface area contributed by atoms with Crippen molar-refractivity contribution in [3.05, 3.63) is 60.7 Å². The van der Waals surface area contributed by atoms with Crippen molar-refractivity contribution in [2.75, 3.05) is 4.72 Å². The van der Waals surface area contributed by atoms with Crippen molar-refractivity contribution >= 4 is 15.8 Å². The SMILES string of the molecule is Cc1cccc(NS(=O)(=O)c2ccc(-c3cnco3)cc2)n1. The van der Waals surface area contributed by atoms with Crippen molar-refractivity contribution in [2.45, 2.75) is 11.8 Å². The van der Waals surface area contributed by atoms with Crippen LogP contribution in [0.5, 0.6) is 0 Å². The molecule has 0 saturated heterocycles. The number of aryl methyl sites for hydroxylation is 1. The van der Waals surface area contributed by atoms with Gasteiger partial charge in [-0.2, -0.15) is 0 Å². The smallest absolute Gasteiger partial charge is 0.263 e. The van der Waals surface area contributed by atoms with Crippen LogP contribution >= 0.6 is 0 Å². The second-order valence-corrected chi connectivity index (χ2v) is 6.34. The van der Waals surface area contributed by atoms with Gasteiger partial charge in [0.2, 0.25) is 0 Å². The van der Waals surface area contributed by atoms with Crippen LogP contribution in [0.15, 0.2) is 64.4 Å². The highest BCUT2D eigenvalue weighted by Crippen LogP contribution is 2.21. The number of aromatic nitrogens is 2. The highest BCUT2D eigenvalue weighted by molar-refractivity contribution is 7.92. The Balaban J connectivity index is 1.86. The molecule has 112 valence electrons. The average Bonchev–Trinajstić information content (AvgIpc) is 3.01. The summed E-state index contributed by atoms with van der Waals surface area (Å²) in [7, 11) is -3.67. The first-order valence-corrected chi connectivity index (χ1v) is 7.98. The van der Waals surface area contributed by atoms with Gasteiger partial charge in [-0.25, -0.2) is 18.4 Å². The molecule has 0 spiro atoms. The molecule has 2 heterocycles. The minimum Gasteiger partial charge on any atom is -0.444 e. The van der Waals surface area contributed by atoms with Gasteiger partial charge in [0.05, 0.1) is 11.1 Å². The molecule has 0 atom stereocenters. The van der Waals surface area contributed by atoms with Crippen molar-refractivity contribution in [2.24, 2.45) is 0 Å². The number of hydrogen-bond donors (Lipinski definition) is 1. The predicted molar refractivity (Wildman–Crippen MR) is 81.7 cm³/mol. The molecule has 0 bridgehead atoms. The molecule has 1 N–H and O–H groups in total. The fraction of sp³-hybridized carbons (Fsp3) is 0.0667. The Labute approximate surface area is 127 Å². The fourth-order valence-corrected chi connectivity index (χ4v) is 2.95. The number of pyridine rings is 1. The summed E-state index contributed by atoms with van der Waals surface area (Å²) in [6.07, 6.45) is 2.89. The molecule has 0 radical (unpaired) electrons. The van der Waals surface area contributed by atoms with E-state index in [1.54, 1.807) is 43.5 Å². The molecule has 0 amide bonds. The van der Waals surface area contributed by atoms with Gasteiger partial charge in [0.1, 0.15) is 5.82 Å². The molecule has 2 aromatic heterocycles. The number of oxazole rings is 1. The van der Waals surface area contributed by atoms with Gasteiger partial charge in [0.25, 0.3) is 10.0 Å². The Morgan fingerprint density at radius 3 is 2.50 bits per heavy atom. The van der Waals surface area contributed by atoms with Crippen LogP contribution in [0.2, 0.25) is 0 Å². The lowest BCUT2D eigenvalue weighted by molar-refractivity contribution is 0.572. The molecular weight excluding hydrogens is 302 g/mol. The molecular formula is C15H13N3O3S. The topological polar surface area (TPSA) is 85.1 Å². The van der Waals surface area contributed by atoms with Crippen molar-refractivity contribution < 1.29 is 12.8 Å². The van der Waals surface area contributed by atoms with Crippen LogP contribution < -0.4 is 4.72 Å². The van der Waals surface area contributed by atoms with Crippen LogP contribution in [0, 0.1) is 6.92 Å². The maximum absolute atomic E-state index is 12.3. The van der Waals surface area contributed by atoms with Gasteiger partial charge in [-0.05, 0) is 43.3 Å². The van der Waals surface area contributed by atoms with E-state index in [9.17, 15) is 8.42 Å². The number of hydrogen-bond acceptors (Lipinski definition) is 5. The van der Waals surface area contributed by atoms with Crippen LogP contribution in [0.1, 0.15) is 5.69 Å². The van der Waals surface area contributed by atoms with E-state index in [4.69, 9.17) is 4.42 Å². The van der Waals surface area contributed by atoms with E-state index in [0.717, 1.165) is 11.3 Å². The summed E-state index contributed by atoms with van der Waals surface area (Å²) in [4.78, 5) is 8.11. The highest BCUT2D eigenvalue weighted by atomic mass is 32.2. The van der Waals surface area contributed by atoms with E-state index in [1.165, 1.54) is 18.5 Å². The fourth-order valence-electron chi connectivity index (χ4n) is 1.95. The molecule has 0 saturated carbocycles. The summed E-state index contributed by atoms with van der Waals surface area (Å²) in [6.45, 7) is 1.80. The summed E-state index contributed by atoms with van der Waals surface area (Å²) in [5, 5.41) is 0. The van der Waals surface area contributed by atoms with Gasteiger partial charge >= 0.3 is 0 Å². The van der Waals surface area contributed by atoms with Crippen LogP contribution in [0.25, 0.3) is 11.3 Å². The van der Waals surface area contributed by atoms with Crippen LogP contribution in [-0.4, -0.2) is 18.4 Å². The van der Waals surface area contributed by atoms with Crippen LogP contribution in [0.3, 0.4) is 0 Å². The zero-order valence-electron chi connectivity index (χ0n) is 11.7. The molecule has 1 aromatic carbocycles. The van der Waals surface area contributed by atoms with Crippen LogP contribution in [-0.2, 0) is 10.0 Å². The van der Waals surface area contributed by atoms with Crippen LogP contribution in [0.4, 0.5) is 5.82 Å². The van der Waals surface area contributed by atoms with Gasteiger partial charge in [0, 0.05) is 11.3 Å². The minimum atomic E-state index is -3.67. The van der Waals surface area contributed by atoms with E-state index >= 15 is 0 Å². The normalized spacial score (nSPS) is 11.3. The number of anilines is 1. The van der Waals surface area contributed by atoms with E-state index in [0.29, 0.717) is 11.6 Å². The lowest BCUT2D eigenvalue weighted by Crippen LogP contribution is -2.14. The minimum absolute atomic E-state index is 0.152. The van der Waals surface area contributed by atoms with Gasteiger partial charge in [-0.3, -0.25) is 4.72 Å². The molecule has 0 fully saturated rings. The first-order chi connectivity index (χ1) is 10.5. The summed E-state index contributed by atoms with van der Waals surface area (Å²) < 4.78 is 32.3. The largest absolute Gasteiger partial charge is 0.444 e. The molecule has 0 aliphatic heterocycles. The van der Waals surface area contributed by atoms with Crippen molar-refractivity contribution in [3.63, 3.8) is 0 Å². The van der Waals surface area contributed by atoms with Crippen molar-refractivity contribution in [1.29, 1.82) is 0 Å². The highest BCUT2D eigenvalue weighted by Gasteiger charge is 2.15. The summed E-state index contributed by atoms with van der Waals surface area (Å²) in [6, 6.07) is 11.5. The maximum Gasteiger partial charge on any atom is 0.263 e. The third-order valence-electron chi connectivity index (χ3n) is 3.01. The third kappa shape index (κ3) is 2.99. The van der Waals surface area contributed by atoms with E-state index < -0.39 is 10.0 Å². The van der Waals surface area contributed by atoms with E-state index in [1.807, 2.05) is 0 Å². The number of sulfonamides is 1. The molecule has 0 aliphatic carbocycles. The average molecular weight is 315 g/mol. The Morgan fingerprint density at radius 1 is 1.09 bits per heavy atom. The molecule has 22 heavy (non-hydrogen) atoms. The number of nitrogens with one attached hydrogen (secondary N) is 1. The summed E-state index contributed by atoms with van der Waals surface area (Å²) >= 11 is 0. The number of benzene rings is 1. The van der Waals surface area contributed by atoms with Gasteiger partial charge in [0.15, 0.2) is 12.2 Å². The predicted octanol–water partition coefficient (Wildman–Crippen LogP) is 2.85. The molecule has 7 heteroatoms. The van der Waals surface area contributed by atoms with Crippen molar-refractivity contribution in [3.8, 4) is 11.3 Å². The Hall–Kier alpha value is -2.67. The van der Waals surface area contributed by atoms with E-state index in [-0.39, 0.29) is 4.90 Å². The van der Waals surface area contributed by atoms with E-state index in [2.05, 4.69) is 14.7 Å². The molecule has 3 rings (SSSR count). The number of rotatable bonds is 4. The van der Waals surface area contributed by atoms with Gasteiger partial charge in [-0.1, -0.05) is 6.07 Å². The van der Waals surface area contributed by atoms with Crippen molar-refractivity contribution in [1.82, 2.24) is 9.97 Å². The standard InChI is InChI=1S/C15H13N3O3S/c1-11-3-2-4-15(17-11)18-22(19,20)13-7-5-12(6-8-13)14-9-16-10-21-14/h2-10H,1H3,(H,17,18). The summed E-state index contributed by atoms with van der Waals surface area (Å²) in [5.41, 5.74) is 1.49. The first-order valence-electron chi connectivity index (χ1n) is 6.50. The second-order valence-electron chi connectivity index (χ2n) is 4.66. The Kier molecular flexibility index (Phi) is 3.64. The Morgan fingerprint density at radius 2 is 1.86 bits per heavy atom. The molecule has 0 unspecified atom stereocenters. The Bertz CT molecular complexity index is 873. The quantitative estimate of drug-likeness (QED) is 0.800.